The first-order valence-corrected chi connectivity index (χ1v) is 6.45. The van der Waals surface area contributed by atoms with Crippen molar-refractivity contribution in [2.75, 3.05) is 6.54 Å². The third kappa shape index (κ3) is 2.13. The Balaban J connectivity index is 1.55. The van der Waals surface area contributed by atoms with E-state index >= 15 is 0 Å². The van der Waals surface area contributed by atoms with Crippen LogP contribution in [-0.4, -0.2) is 18.6 Å². The minimum Gasteiger partial charge on any atom is -0.312 e. The van der Waals surface area contributed by atoms with Gasteiger partial charge in [-0.3, -0.25) is 0 Å². The van der Waals surface area contributed by atoms with Crippen LogP contribution < -0.4 is 10.6 Å². The van der Waals surface area contributed by atoms with Gasteiger partial charge >= 0.3 is 0 Å². The maximum absolute atomic E-state index is 3.66. The van der Waals surface area contributed by atoms with Crippen LogP contribution in [-0.2, 0) is 13.0 Å². The second kappa shape index (κ2) is 4.56. The van der Waals surface area contributed by atoms with E-state index in [4.69, 9.17) is 0 Å². The fourth-order valence-electron chi connectivity index (χ4n) is 2.59. The van der Waals surface area contributed by atoms with Crippen molar-refractivity contribution < 1.29 is 0 Å². The molecule has 16 heavy (non-hydrogen) atoms. The molecular weight excluding hydrogens is 196 g/mol. The van der Waals surface area contributed by atoms with Crippen LogP contribution in [0.15, 0.2) is 24.3 Å². The first-order valence-electron chi connectivity index (χ1n) is 6.45. The van der Waals surface area contributed by atoms with Gasteiger partial charge in [0.1, 0.15) is 0 Å². The Hall–Kier alpha value is -0.860. The summed E-state index contributed by atoms with van der Waals surface area (Å²) in [6.07, 6.45) is 5.35. The molecule has 0 saturated heterocycles. The van der Waals surface area contributed by atoms with Gasteiger partial charge in [0.05, 0.1) is 0 Å². The summed E-state index contributed by atoms with van der Waals surface area (Å²) in [4.78, 5) is 0. The zero-order valence-corrected chi connectivity index (χ0v) is 9.71. The molecular formula is C14H20N2. The van der Waals surface area contributed by atoms with Gasteiger partial charge < -0.3 is 10.6 Å². The Morgan fingerprint density at radius 2 is 2.00 bits per heavy atom. The summed E-state index contributed by atoms with van der Waals surface area (Å²) in [6.45, 7) is 2.16. The van der Waals surface area contributed by atoms with Gasteiger partial charge in [0.25, 0.3) is 0 Å². The molecule has 1 aromatic rings. The summed E-state index contributed by atoms with van der Waals surface area (Å²) in [5.74, 6) is 0. The van der Waals surface area contributed by atoms with Crippen molar-refractivity contribution in [3.8, 4) is 0 Å². The third-order valence-corrected chi connectivity index (χ3v) is 3.92. The van der Waals surface area contributed by atoms with Crippen molar-refractivity contribution in [1.29, 1.82) is 0 Å². The van der Waals surface area contributed by atoms with Crippen LogP contribution in [0.2, 0.25) is 0 Å². The van der Waals surface area contributed by atoms with Crippen LogP contribution in [0.5, 0.6) is 0 Å². The predicted octanol–water partition coefficient (Wildman–Crippen LogP) is 1.84. The number of nitrogens with one attached hydrogen (secondary N) is 2. The van der Waals surface area contributed by atoms with Gasteiger partial charge in [-0.2, -0.15) is 0 Å². The van der Waals surface area contributed by atoms with Gasteiger partial charge in [0, 0.05) is 25.2 Å². The molecule has 86 valence electrons. The Kier molecular flexibility index (Phi) is 2.94. The minimum absolute atomic E-state index is 0.621. The highest BCUT2D eigenvalue weighted by Gasteiger charge is 2.21. The van der Waals surface area contributed by atoms with E-state index in [1.165, 1.54) is 36.8 Å². The van der Waals surface area contributed by atoms with Crippen LogP contribution in [0, 0.1) is 0 Å². The van der Waals surface area contributed by atoms with Crippen LogP contribution in [0.25, 0.3) is 0 Å². The molecule has 2 heteroatoms. The molecule has 3 rings (SSSR count). The lowest BCUT2D eigenvalue weighted by atomic mass is 9.92. The molecule has 1 unspecified atom stereocenters. The van der Waals surface area contributed by atoms with Crippen LogP contribution in [0.1, 0.15) is 30.4 Å². The minimum atomic E-state index is 0.621. The lowest BCUT2D eigenvalue weighted by molar-refractivity contribution is 0.316. The van der Waals surface area contributed by atoms with E-state index in [2.05, 4.69) is 34.9 Å². The predicted molar refractivity (Wildman–Crippen MR) is 66.4 cm³/mol. The van der Waals surface area contributed by atoms with E-state index in [-0.39, 0.29) is 0 Å². The van der Waals surface area contributed by atoms with Crippen molar-refractivity contribution in [2.45, 2.75) is 44.3 Å². The molecule has 0 bridgehead atoms. The van der Waals surface area contributed by atoms with Crippen molar-refractivity contribution >= 4 is 0 Å². The second-order valence-electron chi connectivity index (χ2n) is 5.09. The summed E-state index contributed by atoms with van der Waals surface area (Å²) in [5, 5.41) is 7.27. The number of rotatable bonds is 3. The molecule has 2 N–H and O–H groups in total. The van der Waals surface area contributed by atoms with Crippen LogP contribution in [0.3, 0.4) is 0 Å². The Morgan fingerprint density at radius 3 is 2.75 bits per heavy atom. The molecule has 2 aliphatic rings. The standard InChI is InChI=1S/C14H20N2/c1-2-5-12-9-15-14(8-11(12)4-1)10-16-13-6-3-7-13/h1-2,4-5,13-16H,3,6-10H2. The second-order valence-corrected chi connectivity index (χ2v) is 5.09. The maximum atomic E-state index is 3.66. The van der Waals surface area contributed by atoms with Crippen LogP contribution >= 0.6 is 0 Å². The van der Waals surface area contributed by atoms with E-state index in [1.807, 2.05) is 0 Å². The maximum Gasteiger partial charge on any atom is 0.0236 e. The number of hydrogen-bond donors (Lipinski definition) is 2. The number of hydrogen-bond acceptors (Lipinski definition) is 2. The summed E-state index contributed by atoms with van der Waals surface area (Å²) in [6, 6.07) is 10.2. The van der Waals surface area contributed by atoms with E-state index in [0.717, 1.165) is 19.1 Å². The first-order chi connectivity index (χ1) is 7.92. The SMILES string of the molecule is c1ccc2c(c1)CNC(CNC1CCC1)C2. The van der Waals surface area contributed by atoms with Gasteiger partial charge in [-0.15, -0.1) is 0 Å². The zero-order chi connectivity index (χ0) is 10.8. The molecule has 1 saturated carbocycles. The van der Waals surface area contributed by atoms with Gasteiger partial charge in [0.2, 0.25) is 0 Å². The Bertz CT molecular complexity index is 358. The topological polar surface area (TPSA) is 24.1 Å². The van der Waals surface area contributed by atoms with Gasteiger partial charge in [-0.25, -0.2) is 0 Å². The van der Waals surface area contributed by atoms with E-state index < -0.39 is 0 Å². The van der Waals surface area contributed by atoms with Crippen molar-refractivity contribution in [3.63, 3.8) is 0 Å². The highest BCUT2D eigenvalue weighted by atomic mass is 15.0. The molecule has 0 spiro atoms. The normalized spacial score (nSPS) is 24.9. The summed E-state index contributed by atoms with van der Waals surface area (Å²) >= 11 is 0. The van der Waals surface area contributed by atoms with Gasteiger partial charge in [0.15, 0.2) is 0 Å². The molecule has 1 aliphatic carbocycles. The highest BCUT2D eigenvalue weighted by Crippen LogP contribution is 2.19. The fourth-order valence-corrected chi connectivity index (χ4v) is 2.59. The quantitative estimate of drug-likeness (QED) is 0.805. The molecule has 1 atom stereocenters. The number of benzene rings is 1. The Labute approximate surface area is 97.4 Å². The average molecular weight is 216 g/mol. The third-order valence-electron chi connectivity index (χ3n) is 3.92. The molecule has 2 nitrogen and oxygen atoms in total. The van der Waals surface area contributed by atoms with Crippen molar-refractivity contribution in [2.24, 2.45) is 0 Å². The smallest absolute Gasteiger partial charge is 0.0236 e. The molecule has 0 amide bonds. The fraction of sp³-hybridized carbons (Fsp3) is 0.571. The van der Waals surface area contributed by atoms with Crippen LogP contribution in [0.4, 0.5) is 0 Å². The largest absolute Gasteiger partial charge is 0.312 e. The summed E-state index contributed by atoms with van der Waals surface area (Å²) in [7, 11) is 0. The lowest BCUT2D eigenvalue weighted by Gasteiger charge is -2.31. The number of fused-ring (bicyclic) bond motifs is 1. The van der Waals surface area contributed by atoms with Gasteiger partial charge in [-0.05, 0) is 30.4 Å². The monoisotopic (exact) mass is 216 g/mol. The average Bonchev–Trinajstić information content (AvgIpc) is 2.27. The molecule has 0 aromatic heterocycles. The van der Waals surface area contributed by atoms with E-state index in [9.17, 15) is 0 Å². The van der Waals surface area contributed by atoms with Crippen molar-refractivity contribution in [3.05, 3.63) is 35.4 Å². The highest BCUT2D eigenvalue weighted by molar-refractivity contribution is 5.29. The van der Waals surface area contributed by atoms with E-state index in [0.29, 0.717) is 6.04 Å². The first kappa shape index (κ1) is 10.3. The molecule has 1 fully saturated rings. The van der Waals surface area contributed by atoms with E-state index in [1.54, 1.807) is 0 Å². The molecule has 0 radical (unpaired) electrons. The zero-order valence-electron chi connectivity index (χ0n) is 9.71. The molecule has 1 heterocycles. The summed E-state index contributed by atoms with van der Waals surface area (Å²) in [5.41, 5.74) is 3.00. The Morgan fingerprint density at radius 1 is 1.19 bits per heavy atom. The molecule has 1 aliphatic heterocycles. The lowest BCUT2D eigenvalue weighted by Crippen LogP contribution is -2.47. The van der Waals surface area contributed by atoms with Crippen molar-refractivity contribution in [1.82, 2.24) is 10.6 Å². The molecule has 1 aromatic carbocycles. The van der Waals surface area contributed by atoms with Gasteiger partial charge in [-0.1, -0.05) is 30.7 Å². The summed E-state index contributed by atoms with van der Waals surface area (Å²) < 4.78 is 0.